The van der Waals surface area contributed by atoms with E-state index in [0.29, 0.717) is 17.7 Å². The van der Waals surface area contributed by atoms with Gasteiger partial charge in [0, 0.05) is 17.7 Å². The average Bonchev–Trinajstić information content (AvgIpc) is 2.81. The zero-order chi connectivity index (χ0) is 22.2. The van der Waals surface area contributed by atoms with Crippen molar-refractivity contribution in [2.45, 2.75) is 26.3 Å². The first kappa shape index (κ1) is 22.0. The summed E-state index contributed by atoms with van der Waals surface area (Å²) < 4.78 is 5.18. The molecule has 3 aromatic carbocycles. The maximum absolute atomic E-state index is 13.4. The van der Waals surface area contributed by atoms with Crippen molar-refractivity contribution < 1.29 is 14.3 Å². The largest absolute Gasteiger partial charge is 0.464 e. The molecule has 3 aromatic rings. The summed E-state index contributed by atoms with van der Waals surface area (Å²) in [5.41, 5.74) is 4.14. The first-order valence-corrected chi connectivity index (χ1v) is 10.4. The number of hydrogen-bond acceptors (Lipinski definition) is 3. The van der Waals surface area contributed by atoms with Crippen LogP contribution in [0.25, 0.3) is 11.1 Å². The lowest BCUT2D eigenvalue weighted by Crippen LogP contribution is -2.45. The van der Waals surface area contributed by atoms with Gasteiger partial charge >= 0.3 is 5.97 Å². The number of ether oxygens (including phenoxy) is 1. The van der Waals surface area contributed by atoms with E-state index in [2.05, 4.69) is 6.58 Å². The minimum absolute atomic E-state index is 0.253. The van der Waals surface area contributed by atoms with Gasteiger partial charge in [0.25, 0.3) is 5.91 Å². The van der Waals surface area contributed by atoms with Gasteiger partial charge in [-0.1, -0.05) is 79.4 Å². The molecule has 1 atom stereocenters. The van der Waals surface area contributed by atoms with E-state index in [1.54, 1.807) is 13.8 Å². The second-order valence-electron chi connectivity index (χ2n) is 7.28. The predicted molar refractivity (Wildman–Crippen MR) is 125 cm³/mol. The second-order valence-corrected chi connectivity index (χ2v) is 7.28. The molecule has 0 radical (unpaired) electrons. The number of hydrogen-bond donors (Lipinski definition) is 0. The molecule has 0 heterocycles. The molecule has 0 saturated heterocycles. The molecule has 1 amide bonds. The van der Waals surface area contributed by atoms with Crippen molar-refractivity contribution in [3.05, 3.63) is 103 Å². The lowest BCUT2D eigenvalue weighted by Gasteiger charge is -2.29. The molecule has 4 heteroatoms. The lowest BCUT2D eigenvalue weighted by atomic mass is 10.0. The smallest absolute Gasteiger partial charge is 0.328 e. The highest BCUT2D eigenvalue weighted by Crippen LogP contribution is 2.26. The molecule has 0 bridgehead atoms. The topological polar surface area (TPSA) is 46.6 Å². The van der Waals surface area contributed by atoms with Gasteiger partial charge in [0.05, 0.1) is 6.61 Å². The molecule has 158 valence electrons. The summed E-state index contributed by atoms with van der Waals surface area (Å²) in [6.07, 6.45) is 0.411. The molecule has 0 aliphatic carbocycles. The van der Waals surface area contributed by atoms with Gasteiger partial charge in [-0.3, -0.25) is 9.69 Å². The molecule has 0 aromatic heterocycles. The number of carbonyl (C=O) groups is 2. The van der Waals surface area contributed by atoms with E-state index in [4.69, 9.17) is 4.74 Å². The van der Waals surface area contributed by atoms with Gasteiger partial charge < -0.3 is 4.74 Å². The minimum Gasteiger partial charge on any atom is -0.464 e. The van der Waals surface area contributed by atoms with Crippen LogP contribution in [0, 0.1) is 0 Å². The fraction of sp³-hybridized carbons (Fsp3) is 0.185. The number of anilines is 1. The van der Waals surface area contributed by atoms with Crippen LogP contribution in [0.5, 0.6) is 0 Å². The standard InChI is InChI=1S/C27H27NO3/c1-4-31-27(30)21(3)28(26(29)20(2)19-22-11-7-5-8-12-22)25-17-15-24(16-18-25)23-13-9-6-10-14-23/h5-18,21H,2,4,19H2,1,3H3/t21-/m0/s1. The Hall–Kier alpha value is -3.66. The van der Waals surface area contributed by atoms with E-state index in [-0.39, 0.29) is 12.5 Å². The van der Waals surface area contributed by atoms with Crippen molar-refractivity contribution in [3.63, 3.8) is 0 Å². The summed E-state index contributed by atoms with van der Waals surface area (Å²) in [5.74, 6) is -0.743. The Morgan fingerprint density at radius 1 is 0.871 bits per heavy atom. The van der Waals surface area contributed by atoms with Gasteiger partial charge in [0.15, 0.2) is 0 Å². The zero-order valence-corrected chi connectivity index (χ0v) is 18.0. The van der Waals surface area contributed by atoms with Gasteiger partial charge in [-0.15, -0.1) is 0 Å². The van der Waals surface area contributed by atoms with Crippen molar-refractivity contribution >= 4 is 17.6 Å². The van der Waals surface area contributed by atoms with Gasteiger partial charge in [-0.25, -0.2) is 4.79 Å². The molecular weight excluding hydrogens is 386 g/mol. The van der Waals surface area contributed by atoms with Crippen molar-refractivity contribution in [2.75, 3.05) is 11.5 Å². The maximum atomic E-state index is 13.4. The van der Waals surface area contributed by atoms with Gasteiger partial charge in [0.1, 0.15) is 6.04 Å². The Labute approximate surface area is 183 Å². The van der Waals surface area contributed by atoms with E-state index in [9.17, 15) is 9.59 Å². The summed E-state index contributed by atoms with van der Waals surface area (Å²) >= 11 is 0. The van der Waals surface area contributed by atoms with Gasteiger partial charge in [0.2, 0.25) is 0 Å². The van der Waals surface area contributed by atoms with Gasteiger partial charge in [-0.05, 0) is 42.7 Å². The third kappa shape index (κ3) is 5.48. The Kier molecular flexibility index (Phi) is 7.39. The molecule has 31 heavy (non-hydrogen) atoms. The summed E-state index contributed by atoms with van der Waals surface area (Å²) in [6, 6.07) is 26.5. The van der Waals surface area contributed by atoms with Crippen LogP contribution in [-0.4, -0.2) is 24.5 Å². The summed E-state index contributed by atoms with van der Waals surface area (Å²) in [5, 5.41) is 0. The van der Waals surface area contributed by atoms with E-state index in [0.717, 1.165) is 16.7 Å². The molecule has 0 N–H and O–H groups in total. The third-order valence-corrected chi connectivity index (χ3v) is 5.05. The van der Waals surface area contributed by atoms with Gasteiger partial charge in [-0.2, -0.15) is 0 Å². The Balaban J connectivity index is 1.89. The Bertz CT molecular complexity index is 1030. The van der Waals surface area contributed by atoms with Crippen molar-refractivity contribution in [1.82, 2.24) is 0 Å². The SMILES string of the molecule is C=C(Cc1ccccc1)C(=O)N(c1ccc(-c2ccccc2)cc1)[C@@H](C)C(=O)OCC. The summed E-state index contributed by atoms with van der Waals surface area (Å²) in [6.45, 7) is 7.69. The van der Waals surface area contributed by atoms with E-state index in [1.165, 1.54) is 4.90 Å². The molecule has 4 nitrogen and oxygen atoms in total. The third-order valence-electron chi connectivity index (χ3n) is 5.05. The van der Waals surface area contributed by atoms with Crippen LogP contribution in [0.3, 0.4) is 0 Å². The summed E-state index contributed by atoms with van der Waals surface area (Å²) in [4.78, 5) is 27.3. The lowest BCUT2D eigenvalue weighted by molar-refractivity contribution is -0.145. The van der Waals surface area contributed by atoms with E-state index >= 15 is 0 Å². The van der Waals surface area contributed by atoms with Crippen LogP contribution in [0.15, 0.2) is 97.1 Å². The first-order chi connectivity index (χ1) is 15.0. The van der Waals surface area contributed by atoms with E-state index in [1.807, 2.05) is 84.9 Å². The monoisotopic (exact) mass is 413 g/mol. The van der Waals surface area contributed by atoms with Crippen LogP contribution in [0.1, 0.15) is 19.4 Å². The zero-order valence-electron chi connectivity index (χ0n) is 18.0. The number of benzene rings is 3. The van der Waals surface area contributed by atoms with Crippen LogP contribution in [0.2, 0.25) is 0 Å². The normalized spacial score (nSPS) is 11.4. The highest BCUT2D eigenvalue weighted by atomic mass is 16.5. The molecule has 0 saturated carbocycles. The molecule has 0 unspecified atom stereocenters. The van der Waals surface area contributed by atoms with Crippen molar-refractivity contribution in [1.29, 1.82) is 0 Å². The number of esters is 1. The molecular formula is C27H27NO3. The maximum Gasteiger partial charge on any atom is 0.328 e. The molecule has 0 spiro atoms. The highest BCUT2D eigenvalue weighted by Gasteiger charge is 2.29. The molecule has 0 aliphatic rings. The van der Waals surface area contributed by atoms with Crippen molar-refractivity contribution in [3.8, 4) is 11.1 Å². The number of nitrogens with zero attached hydrogens (tertiary/aromatic N) is 1. The number of carbonyl (C=O) groups excluding carboxylic acids is 2. The quantitative estimate of drug-likeness (QED) is 0.365. The molecule has 3 rings (SSSR count). The van der Waals surface area contributed by atoms with Crippen LogP contribution in [-0.2, 0) is 20.7 Å². The van der Waals surface area contributed by atoms with Crippen LogP contribution >= 0.6 is 0 Å². The summed E-state index contributed by atoms with van der Waals surface area (Å²) in [7, 11) is 0. The molecule has 0 fully saturated rings. The second kappa shape index (κ2) is 10.4. The fourth-order valence-electron chi connectivity index (χ4n) is 3.42. The first-order valence-electron chi connectivity index (χ1n) is 10.4. The Morgan fingerprint density at radius 2 is 1.42 bits per heavy atom. The fourth-order valence-corrected chi connectivity index (χ4v) is 3.42. The Morgan fingerprint density at radius 3 is 2.00 bits per heavy atom. The predicted octanol–water partition coefficient (Wildman–Crippen LogP) is 5.44. The minimum atomic E-state index is -0.775. The number of rotatable bonds is 8. The van der Waals surface area contributed by atoms with E-state index < -0.39 is 12.0 Å². The van der Waals surface area contributed by atoms with Crippen LogP contribution < -0.4 is 4.90 Å². The highest BCUT2D eigenvalue weighted by molar-refractivity contribution is 6.08. The average molecular weight is 414 g/mol. The number of amides is 1. The molecule has 0 aliphatic heterocycles. The van der Waals surface area contributed by atoms with Crippen LogP contribution in [0.4, 0.5) is 5.69 Å². The van der Waals surface area contributed by atoms with Crippen molar-refractivity contribution in [2.24, 2.45) is 0 Å².